The maximum atomic E-state index is 11.5. The van der Waals surface area contributed by atoms with E-state index in [1.54, 1.807) is 6.92 Å². The third-order valence-electron chi connectivity index (χ3n) is 1.92. The van der Waals surface area contributed by atoms with Crippen molar-refractivity contribution in [3.63, 3.8) is 0 Å². The number of hydrogen-bond acceptors (Lipinski definition) is 3. The van der Waals surface area contributed by atoms with E-state index >= 15 is 0 Å². The number of benzene rings is 1. The summed E-state index contributed by atoms with van der Waals surface area (Å²) in [5.41, 5.74) is 0.470. The maximum absolute atomic E-state index is 11.5. The Kier molecular flexibility index (Phi) is 3.69. The Bertz CT molecular complexity index is 379. The van der Waals surface area contributed by atoms with Crippen LogP contribution in [0.1, 0.15) is 17.3 Å². The van der Waals surface area contributed by atoms with Crippen molar-refractivity contribution in [2.75, 3.05) is 6.54 Å². The molecule has 78 valence electrons. The zero-order valence-electron chi connectivity index (χ0n) is 8.40. The number of nitriles is 1. The van der Waals surface area contributed by atoms with Gasteiger partial charge in [-0.05, 0) is 31.2 Å². The molecule has 0 saturated heterocycles. The van der Waals surface area contributed by atoms with Crippen molar-refractivity contribution in [1.82, 2.24) is 5.32 Å². The van der Waals surface area contributed by atoms with Crippen molar-refractivity contribution < 1.29 is 9.90 Å². The smallest absolute Gasteiger partial charge is 0.251 e. The van der Waals surface area contributed by atoms with E-state index in [-0.39, 0.29) is 17.6 Å². The quantitative estimate of drug-likeness (QED) is 0.779. The van der Waals surface area contributed by atoms with Crippen LogP contribution < -0.4 is 5.32 Å². The summed E-state index contributed by atoms with van der Waals surface area (Å²) < 4.78 is 0. The molecule has 0 saturated carbocycles. The van der Waals surface area contributed by atoms with Gasteiger partial charge < -0.3 is 10.4 Å². The van der Waals surface area contributed by atoms with Crippen molar-refractivity contribution in [2.24, 2.45) is 5.92 Å². The van der Waals surface area contributed by atoms with Gasteiger partial charge in [-0.2, -0.15) is 5.26 Å². The van der Waals surface area contributed by atoms with Gasteiger partial charge in [0.2, 0.25) is 0 Å². The third kappa shape index (κ3) is 3.31. The van der Waals surface area contributed by atoms with Gasteiger partial charge in [-0.15, -0.1) is 0 Å². The van der Waals surface area contributed by atoms with E-state index in [9.17, 15) is 4.79 Å². The first-order valence-corrected chi connectivity index (χ1v) is 4.60. The van der Waals surface area contributed by atoms with Crippen LogP contribution in [0.3, 0.4) is 0 Å². The predicted molar refractivity (Wildman–Crippen MR) is 55.2 cm³/mol. The van der Waals surface area contributed by atoms with Gasteiger partial charge in [-0.3, -0.25) is 4.79 Å². The van der Waals surface area contributed by atoms with Gasteiger partial charge >= 0.3 is 0 Å². The molecule has 0 fully saturated rings. The van der Waals surface area contributed by atoms with E-state index in [0.29, 0.717) is 12.1 Å². The Morgan fingerprint density at radius 2 is 2.13 bits per heavy atom. The molecule has 0 aliphatic rings. The first kappa shape index (κ1) is 11.1. The number of phenols is 1. The summed E-state index contributed by atoms with van der Waals surface area (Å²) in [6, 6.07) is 7.98. The van der Waals surface area contributed by atoms with E-state index in [4.69, 9.17) is 10.4 Å². The molecule has 0 aliphatic heterocycles. The lowest BCUT2D eigenvalue weighted by Gasteiger charge is -2.05. The van der Waals surface area contributed by atoms with Crippen LogP contribution in [-0.4, -0.2) is 17.6 Å². The first-order valence-electron chi connectivity index (χ1n) is 4.60. The fraction of sp³-hybridized carbons (Fsp3) is 0.273. The fourth-order valence-electron chi connectivity index (χ4n) is 1.01. The van der Waals surface area contributed by atoms with E-state index in [1.807, 2.05) is 6.07 Å². The second-order valence-electron chi connectivity index (χ2n) is 3.29. The number of aromatic hydroxyl groups is 1. The Morgan fingerprint density at radius 3 is 2.67 bits per heavy atom. The first-order chi connectivity index (χ1) is 7.13. The monoisotopic (exact) mass is 204 g/mol. The summed E-state index contributed by atoms with van der Waals surface area (Å²) in [6.07, 6.45) is 0. The maximum Gasteiger partial charge on any atom is 0.251 e. The number of carbonyl (C=O) groups is 1. The number of phenolic OH excluding ortho intramolecular Hbond substituents is 1. The minimum absolute atomic E-state index is 0.122. The Labute approximate surface area is 88.2 Å². The molecular weight excluding hydrogens is 192 g/mol. The molecule has 0 aromatic heterocycles. The van der Waals surface area contributed by atoms with Crippen molar-refractivity contribution in [2.45, 2.75) is 6.92 Å². The average Bonchev–Trinajstić information content (AvgIpc) is 2.26. The molecular formula is C11H12N2O2. The number of amides is 1. The summed E-state index contributed by atoms with van der Waals surface area (Å²) in [4.78, 5) is 11.5. The van der Waals surface area contributed by atoms with Crippen LogP contribution >= 0.6 is 0 Å². The average molecular weight is 204 g/mol. The lowest BCUT2D eigenvalue weighted by molar-refractivity contribution is 0.0951. The fourth-order valence-corrected chi connectivity index (χ4v) is 1.01. The molecule has 0 aliphatic carbocycles. The standard InChI is InChI=1S/C11H12N2O2/c1-8(6-12)7-13-11(15)9-2-4-10(14)5-3-9/h2-5,8,14H,7H2,1H3,(H,13,15). The molecule has 1 aromatic rings. The lowest BCUT2D eigenvalue weighted by Crippen LogP contribution is -2.27. The van der Waals surface area contributed by atoms with Gasteiger partial charge in [0.05, 0.1) is 12.0 Å². The molecule has 4 nitrogen and oxygen atoms in total. The SMILES string of the molecule is CC(C#N)CNC(=O)c1ccc(O)cc1. The summed E-state index contributed by atoms with van der Waals surface area (Å²) in [5, 5.41) is 20.2. The number of carbonyl (C=O) groups excluding carboxylic acids is 1. The topological polar surface area (TPSA) is 73.1 Å². The van der Waals surface area contributed by atoms with Crippen molar-refractivity contribution in [3.8, 4) is 11.8 Å². The van der Waals surface area contributed by atoms with Crippen LogP contribution in [0.2, 0.25) is 0 Å². The second-order valence-corrected chi connectivity index (χ2v) is 3.29. The van der Waals surface area contributed by atoms with E-state index < -0.39 is 0 Å². The van der Waals surface area contributed by atoms with Gasteiger partial charge in [-0.1, -0.05) is 0 Å². The van der Waals surface area contributed by atoms with Gasteiger partial charge in [0.15, 0.2) is 0 Å². The molecule has 0 spiro atoms. The summed E-state index contributed by atoms with van der Waals surface area (Å²) in [7, 11) is 0. The van der Waals surface area contributed by atoms with E-state index in [2.05, 4.69) is 5.32 Å². The number of nitrogens with one attached hydrogen (secondary N) is 1. The largest absolute Gasteiger partial charge is 0.508 e. The third-order valence-corrected chi connectivity index (χ3v) is 1.92. The summed E-state index contributed by atoms with van der Waals surface area (Å²) >= 11 is 0. The Balaban J connectivity index is 2.55. The zero-order chi connectivity index (χ0) is 11.3. The minimum atomic E-state index is -0.239. The molecule has 0 heterocycles. The highest BCUT2D eigenvalue weighted by Gasteiger charge is 2.06. The zero-order valence-corrected chi connectivity index (χ0v) is 8.40. The van der Waals surface area contributed by atoms with Crippen LogP contribution in [0.5, 0.6) is 5.75 Å². The second kappa shape index (κ2) is 5.01. The van der Waals surface area contributed by atoms with Gasteiger partial charge in [-0.25, -0.2) is 0 Å². The predicted octanol–water partition coefficient (Wildman–Crippen LogP) is 1.28. The molecule has 2 N–H and O–H groups in total. The molecule has 0 bridgehead atoms. The highest BCUT2D eigenvalue weighted by atomic mass is 16.3. The van der Waals surface area contributed by atoms with Crippen LogP contribution in [0, 0.1) is 17.2 Å². The van der Waals surface area contributed by atoms with E-state index in [1.165, 1.54) is 24.3 Å². The highest BCUT2D eigenvalue weighted by molar-refractivity contribution is 5.94. The Morgan fingerprint density at radius 1 is 1.53 bits per heavy atom. The molecule has 4 heteroatoms. The normalized spacial score (nSPS) is 11.5. The van der Waals surface area contributed by atoms with Gasteiger partial charge in [0.25, 0.3) is 5.91 Å². The molecule has 1 amide bonds. The van der Waals surface area contributed by atoms with Crippen molar-refractivity contribution >= 4 is 5.91 Å². The van der Waals surface area contributed by atoms with E-state index in [0.717, 1.165) is 0 Å². The summed E-state index contributed by atoms with van der Waals surface area (Å²) in [6.45, 7) is 2.06. The molecule has 15 heavy (non-hydrogen) atoms. The summed E-state index contributed by atoms with van der Waals surface area (Å²) in [5.74, 6) is -0.319. The molecule has 1 atom stereocenters. The number of rotatable bonds is 3. The molecule has 1 rings (SSSR count). The lowest BCUT2D eigenvalue weighted by atomic mass is 10.2. The highest BCUT2D eigenvalue weighted by Crippen LogP contribution is 2.09. The van der Waals surface area contributed by atoms with Crippen LogP contribution in [-0.2, 0) is 0 Å². The van der Waals surface area contributed by atoms with Crippen LogP contribution in [0.25, 0.3) is 0 Å². The van der Waals surface area contributed by atoms with Crippen molar-refractivity contribution in [1.29, 1.82) is 5.26 Å². The van der Waals surface area contributed by atoms with Gasteiger partial charge in [0.1, 0.15) is 5.75 Å². The molecule has 1 aromatic carbocycles. The van der Waals surface area contributed by atoms with Gasteiger partial charge in [0, 0.05) is 12.1 Å². The number of nitrogens with zero attached hydrogens (tertiary/aromatic N) is 1. The van der Waals surface area contributed by atoms with Crippen molar-refractivity contribution in [3.05, 3.63) is 29.8 Å². The molecule has 0 radical (unpaired) electrons. The van der Waals surface area contributed by atoms with Crippen LogP contribution in [0.4, 0.5) is 0 Å². The van der Waals surface area contributed by atoms with Crippen LogP contribution in [0.15, 0.2) is 24.3 Å². The molecule has 1 unspecified atom stereocenters. The minimum Gasteiger partial charge on any atom is -0.508 e. The Hall–Kier alpha value is -2.02. The number of hydrogen-bond donors (Lipinski definition) is 2.